The van der Waals surface area contributed by atoms with Gasteiger partial charge in [-0.25, -0.2) is 13.1 Å². The standard InChI is InChI=1S/C9H11NO2S2/c11-14(12,10-8-6-13-7-8)9-4-2-1-3-5-9/h1-5,8,10H,6-7H2. The summed E-state index contributed by atoms with van der Waals surface area (Å²) in [6.07, 6.45) is 0. The third-order valence-electron chi connectivity index (χ3n) is 2.01. The summed E-state index contributed by atoms with van der Waals surface area (Å²) in [7, 11) is -3.28. The van der Waals surface area contributed by atoms with Crippen LogP contribution in [0.3, 0.4) is 0 Å². The number of hydrogen-bond donors (Lipinski definition) is 1. The summed E-state index contributed by atoms with van der Waals surface area (Å²) in [5.74, 6) is 1.76. The van der Waals surface area contributed by atoms with Crippen molar-refractivity contribution in [3.63, 3.8) is 0 Å². The minimum atomic E-state index is -3.28. The highest BCUT2D eigenvalue weighted by Gasteiger charge is 2.24. The highest BCUT2D eigenvalue weighted by Crippen LogP contribution is 2.19. The first-order valence-electron chi connectivity index (χ1n) is 4.33. The van der Waals surface area contributed by atoms with Crippen molar-refractivity contribution in [2.75, 3.05) is 11.5 Å². The van der Waals surface area contributed by atoms with Gasteiger partial charge in [-0.1, -0.05) is 18.2 Å². The molecule has 1 aromatic rings. The topological polar surface area (TPSA) is 46.2 Å². The van der Waals surface area contributed by atoms with E-state index in [2.05, 4.69) is 4.72 Å². The molecule has 1 fully saturated rings. The van der Waals surface area contributed by atoms with Crippen molar-refractivity contribution in [2.24, 2.45) is 0 Å². The summed E-state index contributed by atoms with van der Waals surface area (Å²) in [6, 6.07) is 8.58. The maximum absolute atomic E-state index is 11.7. The second kappa shape index (κ2) is 3.92. The van der Waals surface area contributed by atoms with E-state index < -0.39 is 10.0 Å². The first-order chi connectivity index (χ1) is 6.68. The van der Waals surface area contributed by atoms with Gasteiger partial charge in [-0.3, -0.25) is 0 Å². The molecule has 76 valence electrons. The van der Waals surface area contributed by atoms with Gasteiger partial charge >= 0.3 is 0 Å². The Morgan fingerprint density at radius 2 is 1.86 bits per heavy atom. The van der Waals surface area contributed by atoms with Crippen molar-refractivity contribution in [2.45, 2.75) is 10.9 Å². The Balaban J connectivity index is 2.15. The SMILES string of the molecule is O=S(=O)(NC1CSC1)c1ccccc1. The average Bonchev–Trinajstić information content (AvgIpc) is 2.13. The minimum absolute atomic E-state index is 0.116. The predicted octanol–water partition coefficient (Wildman–Crippen LogP) is 1.08. The van der Waals surface area contributed by atoms with Gasteiger partial charge < -0.3 is 0 Å². The van der Waals surface area contributed by atoms with Crippen LogP contribution >= 0.6 is 11.8 Å². The van der Waals surface area contributed by atoms with Gasteiger partial charge in [-0.05, 0) is 12.1 Å². The number of sulfonamides is 1. The van der Waals surface area contributed by atoms with Crippen LogP contribution in [0.2, 0.25) is 0 Å². The monoisotopic (exact) mass is 229 g/mol. The summed E-state index contributed by atoms with van der Waals surface area (Å²) < 4.78 is 26.1. The Bertz CT molecular complexity index is 398. The molecule has 3 nitrogen and oxygen atoms in total. The van der Waals surface area contributed by atoms with Gasteiger partial charge in [0.1, 0.15) is 0 Å². The van der Waals surface area contributed by atoms with Crippen molar-refractivity contribution < 1.29 is 8.42 Å². The Hall–Kier alpha value is -0.520. The van der Waals surface area contributed by atoms with Crippen LogP contribution in [0.1, 0.15) is 0 Å². The molecule has 1 aromatic carbocycles. The van der Waals surface area contributed by atoms with E-state index in [1.54, 1.807) is 42.1 Å². The van der Waals surface area contributed by atoms with Crippen LogP contribution in [0.25, 0.3) is 0 Å². The first-order valence-corrected chi connectivity index (χ1v) is 6.97. The molecular formula is C9H11NO2S2. The van der Waals surface area contributed by atoms with Crippen LogP contribution in [0.15, 0.2) is 35.2 Å². The van der Waals surface area contributed by atoms with Gasteiger partial charge in [-0.2, -0.15) is 11.8 Å². The molecule has 1 aliphatic rings. The summed E-state index contributed by atoms with van der Waals surface area (Å²) in [5.41, 5.74) is 0. The zero-order chi connectivity index (χ0) is 10.0. The lowest BCUT2D eigenvalue weighted by molar-refractivity contribution is 0.569. The van der Waals surface area contributed by atoms with Crippen LogP contribution in [0.5, 0.6) is 0 Å². The molecule has 0 atom stereocenters. The van der Waals surface area contributed by atoms with Crippen molar-refractivity contribution in [3.8, 4) is 0 Å². The second-order valence-corrected chi connectivity index (χ2v) is 5.96. The smallest absolute Gasteiger partial charge is 0.207 e. The van der Waals surface area contributed by atoms with Gasteiger partial charge in [0.25, 0.3) is 0 Å². The molecule has 0 saturated carbocycles. The van der Waals surface area contributed by atoms with Crippen molar-refractivity contribution in [1.29, 1.82) is 0 Å². The van der Waals surface area contributed by atoms with E-state index in [4.69, 9.17) is 0 Å². The van der Waals surface area contributed by atoms with Crippen LogP contribution in [0.4, 0.5) is 0 Å². The summed E-state index contributed by atoms with van der Waals surface area (Å²) in [4.78, 5) is 0.344. The highest BCUT2D eigenvalue weighted by atomic mass is 32.2. The number of hydrogen-bond acceptors (Lipinski definition) is 3. The molecule has 0 amide bonds. The molecule has 0 bridgehead atoms. The van der Waals surface area contributed by atoms with Crippen LogP contribution in [0, 0.1) is 0 Å². The third-order valence-corrected chi connectivity index (χ3v) is 4.83. The first kappa shape index (κ1) is 10.0. The lowest BCUT2D eigenvalue weighted by atomic mass is 10.4. The maximum atomic E-state index is 11.7. The molecule has 1 aliphatic heterocycles. The predicted molar refractivity (Wildman–Crippen MR) is 57.9 cm³/mol. The van der Waals surface area contributed by atoms with Crippen LogP contribution in [-0.4, -0.2) is 26.0 Å². The molecule has 0 unspecified atom stereocenters. The third kappa shape index (κ3) is 2.10. The zero-order valence-corrected chi connectivity index (χ0v) is 9.14. The van der Waals surface area contributed by atoms with Gasteiger partial charge in [0.05, 0.1) is 4.90 Å². The van der Waals surface area contributed by atoms with E-state index in [1.807, 2.05) is 0 Å². The number of rotatable bonds is 3. The van der Waals surface area contributed by atoms with Gasteiger partial charge in [0, 0.05) is 17.5 Å². The van der Waals surface area contributed by atoms with Crippen LogP contribution in [-0.2, 0) is 10.0 Å². The Labute approximate surface area is 88.0 Å². The van der Waals surface area contributed by atoms with Gasteiger partial charge in [0.2, 0.25) is 10.0 Å². The Kier molecular flexibility index (Phi) is 2.80. The largest absolute Gasteiger partial charge is 0.240 e. The summed E-state index contributed by atoms with van der Waals surface area (Å²) in [6.45, 7) is 0. The van der Waals surface area contributed by atoms with E-state index in [-0.39, 0.29) is 6.04 Å². The quantitative estimate of drug-likeness (QED) is 0.843. The molecule has 5 heteroatoms. The van der Waals surface area contributed by atoms with E-state index in [0.717, 1.165) is 11.5 Å². The summed E-state index contributed by atoms with van der Waals surface area (Å²) >= 11 is 1.75. The molecule has 2 rings (SSSR count). The van der Waals surface area contributed by atoms with Crippen molar-refractivity contribution in [1.82, 2.24) is 4.72 Å². The lowest BCUT2D eigenvalue weighted by Gasteiger charge is -2.25. The molecule has 0 aliphatic carbocycles. The Morgan fingerprint density at radius 3 is 2.36 bits per heavy atom. The summed E-state index contributed by atoms with van der Waals surface area (Å²) in [5, 5.41) is 0. The molecule has 0 aromatic heterocycles. The number of thioether (sulfide) groups is 1. The maximum Gasteiger partial charge on any atom is 0.240 e. The number of nitrogens with one attached hydrogen (secondary N) is 1. The molecule has 1 N–H and O–H groups in total. The molecule has 1 heterocycles. The normalized spacial score (nSPS) is 17.7. The molecule has 0 radical (unpaired) electrons. The minimum Gasteiger partial charge on any atom is -0.207 e. The van der Waals surface area contributed by atoms with E-state index in [1.165, 1.54) is 0 Å². The fourth-order valence-electron chi connectivity index (χ4n) is 1.19. The highest BCUT2D eigenvalue weighted by molar-refractivity contribution is 8.00. The number of benzene rings is 1. The van der Waals surface area contributed by atoms with Gasteiger partial charge in [0.15, 0.2) is 0 Å². The van der Waals surface area contributed by atoms with Crippen molar-refractivity contribution in [3.05, 3.63) is 30.3 Å². The molecule has 1 saturated heterocycles. The average molecular weight is 229 g/mol. The van der Waals surface area contributed by atoms with Gasteiger partial charge in [-0.15, -0.1) is 0 Å². The molecule has 0 spiro atoms. The Morgan fingerprint density at radius 1 is 1.21 bits per heavy atom. The van der Waals surface area contributed by atoms with E-state index >= 15 is 0 Å². The van der Waals surface area contributed by atoms with E-state index in [0.29, 0.717) is 4.90 Å². The fourth-order valence-corrected chi connectivity index (χ4v) is 3.30. The molecule has 14 heavy (non-hydrogen) atoms. The molecular weight excluding hydrogens is 218 g/mol. The fraction of sp³-hybridized carbons (Fsp3) is 0.333. The zero-order valence-electron chi connectivity index (χ0n) is 7.51. The van der Waals surface area contributed by atoms with E-state index in [9.17, 15) is 8.42 Å². The second-order valence-electron chi connectivity index (χ2n) is 3.17. The lowest BCUT2D eigenvalue weighted by Crippen LogP contribution is -2.43. The van der Waals surface area contributed by atoms with Crippen LogP contribution < -0.4 is 4.72 Å². The van der Waals surface area contributed by atoms with Crippen molar-refractivity contribution >= 4 is 21.8 Å².